The van der Waals surface area contributed by atoms with Gasteiger partial charge in [-0.15, -0.1) is 0 Å². The van der Waals surface area contributed by atoms with Crippen LogP contribution >= 0.6 is 0 Å². The van der Waals surface area contributed by atoms with Gasteiger partial charge in [-0.05, 0) is 56.5 Å². The highest BCUT2D eigenvalue weighted by Gasteiger charge is 2.16. The first-order valence-electron chi connectivity index (χ1n) is 6.88. The molecule has 0 aliphatic carbocycles. The van der Waals surface area contributed by atoms with E-state index in [1.165, 1.54) is 36.1 Å². The van der Waals surface area contributed by atoms with Gasteiger partial charge < -0.3 is 10.6 Å². The maximum absolute atomic E-state index is 3.50. The first-order chi connectivity index (χ1) is 8.29. The zero-order valence-electron chi connectivity index (χ0n) is 11.1. The fourth-order valence-corrected chi connectivity index (χ4v) is 2.42. The van der Waals surface area contributed by atoms with Gasteiger partial charge in [0.25, 0.3) is 0 Å². The minimum atomic E-state index is 0.600. The highest BCUT2D eigenvalue weighted by molar-refractivity contribution is 5.57. The molecule has 0 saturated heterocycles. The van der Waals surface area contributed by atoms with Crippen LogP contribution in [0.2, 0.25) is 0 Å². The van der Waals surface area contributed by atoms with Gasteiger partial charge in [0.2, 0.25) is 0 Å². The second kappa shape index (κ2) is 6.06. The Morgan fingerprint density at radius 2 is 2.24 bits per heavy atom. The van der Waals surface area contributed by atoms with Crippen LogP contribution in [0.4, 0.5) is 5.69 Å². The lowest BCUT2D eigenvalue weighted by atomic mass is 10.0. The number of anilines is 1. The van der Waals surface area contributed by atoms with Crippen molar-refractivity contribution in [2.45, 2.75) is 45.6 Å². The van der Waals surface area contributed by atoms with E-state index in [9.17, 15) is 0 Å². The Hall–Kier alpha value is -1.02. The molecule has 1 aliphatic rings. The van der Waals surface area contributed by atoms with Gasteiger partial charge in [0.05, 0.1) is 0 Å². The molecule has 94 valence electrons. The van der Waals surface area contributed by atoms with E-state index in [4.69, 9.17) is 0 Å². The van der Waals surface area contributed by atoms with Crippen LogP contribution < -0.4 is 10.6 Å². The summed E-state index contributed by atoms with van der Waals surface area (Å²) in [5, 5.41) is 6.99. The number of benzene rings is 1. The Morgan fingerprint density at radius 1 is 1.35 bits per heavy atom. The molecule has 1 aliphatic heterocycles. The lowest BCUT2D eigenvalue weighted by Crippen LogP contribution is -2.18. The maximum Gasteiger partial charge on any atom is 0.0375 e. The normalized spacial score (nSPS) is 17.9. The lowest BCUT2D eigenvalue weighted by molar-refractivity contribution is 0.640. The first-order valence-corrected chi connectivity index (χ1v) is 6.88. The second-order valence-corrected chi connectivity index (χ2v) is 5.09. The molecular weight excluding hydrogens is 208 g/mol. The Balaban J connectivity index is 1.80. The van der Waals surface area contributed by atoms with Crippen LogP contribution in [0, 0.1) is 0 Å². The molecular formula is C15H24N2. The Bertz CT molecular complexity index is 360. The smallest absolute Gasteiger partial charge is 0.0375 e. The van der Waals surface area contributed by atoms with Crippen LogP contribution in [0.1, 0.15) is 37.8 Å². The van der Waals surface area contributed by atoms with Crippen molar-refractivity contribution in [1.82, 2.24) is 5.32 Å². The van der Waals surface area contributed by atoms with Crippen molar-refractivity contribution < 1.29 is 0 Å². The van der Waals surface area contributed by atoms with E-state index in [1.54, 1.807) is 0 Å². The molecule has 0 radical (unpaired) electrons. The third-order valence-corrected chi connectivity index (χ3v) is 3.40. The van der Waals surface area contributed by atoms with Gasteiger partial charge >= 0.3 is 0 Å². The van der Waals surface area contributed by atoms with Crippen molar-refractivity contribution >= 4 is 5.69 Å². The monoisotopic (exact) mass is 232 g/mol. The van der Waals surface area contributed by atoms with Gasteiger partial charge in [-0.1, -0.05) is 25.5 Å². The standard InChI is InChI=1S/C15H24N2/c1-3-4-8-16-9-7-13-5-6-15-14(11-13)10-12(2)17-15/h5-6,11-12,16-17H,3-4,7-10H2,1-2H3. The number of rotatable bonds is 6. The predicted molar refractivity (Wildman–Crippen MR) is 74.7 cm³/mol. The summed E-state index contributed by atoms with van der Waals surface area (Å²) in [5.74, 6) is 0. The van der Waals surface area contributed by atoms with Crippen LogP contribution in [-0.4, -0.2) is 19.1 Å². The van der Waals surface area contributed by atoms with Gasteiger partial charge in [-0.2, -0.15) is 0 Å². The molecule has 0 bridgehead atoms. The molecule has 1 heterocycles. The average Bonchev–Trinajstić information content (AvgIpc) is 2.68. The van der Waals surface area contributed by atoms with E-state index >= 15 is 0 Å². The Morgan fingerprint density at radius 3 is 3.06 bits per heavy atom. The van der Waals surface area contributed by atoms with Gasteiger partial charge in [0.15, 0.2) is 0 Å². The maximum atomic E-state index is 3.50. The number of hydrogen-bond acceptors (Lipinski definition) is 2. The zero-order chi connectivity index (χ0) is 12.1. The summed E-state index contributed by atoms with van der Waals surface area (Å²) in [6.45, 7) is 6.73. The average molecular weight is 232 g/mol. The predicted octanol–water partition coefficient (Wildman–Crippen LogP) is 2.98. The van der Waals surface area contributed by atoms with E-state index in [0.29, 0.717) is 6.04 Å². The van der Waals surface area contributed by atoms with Gasteiger partial charge in [0, 0.05) is 11.7 Å². The fraction of sp³-hybridized carbons (Fsp3) is 0.600. The van der Waals surface area contributed by atoms with Crippen molar-refractivity contribution in [3.8, 4) is 0 Å². The molecule has 2 nitrogen and oxygen atoms in total. The van der Waals surface area contributed by atoms with E-state index < -0.39 is 0 Å². The summed E-state index contributed by atoms with van der Waals surface area (Å²) in [4.78, 5) is 0. The molecule has 0 amide bonds. The second-order valence-electron chi connectivity index (χ2n) is 5.09. The third-order valence-electron chi connectivity index (χ3n) is 3.40. The van der Waals surface area contributed by atoms with Crippen molar-refractivity contribution in [3.63, 3.8) is 0 Å². The summed E-state index contributed by atoms with van der Waals surface area (Å²) in [6, 6.07) is 7.46. The molecule has 0 aromatic heterocycles. The SMILES string of the molecule is CCCCNCCc1ccc2c(c1)CC(C)N2. The quantitative estimate of drug-likeness (QED) is 0.737. The molecule has 1 atom stereocenters. The Labute approximate surface area is 105 Å². The molecule has 1 aromatic rings. The largest absolute Gasteiger partial charge is 0.382 e. The zero-order valence-corrected chi connectivity index (χ0v) is 11.1. The number of unbranched alkanes of at least 4 members (excludes halogenated alkanes) is 1. The highest BCUT2D eigenvalue weighted by Crippen LogP contribution is 2.26. The van der Waals surface area contributed by atoms with Crippen molar-refractivity contribution in [2.75, 3.05) is 18.4 Å². The third kappa shape index (κ3) is 3.47. The number of hydrogen-bond donors (Lipinski definition) is 2. The molecule has 1 aromatic carbocycles. The summed E-state index contributed by atoms with van der Waals surface area (Å²) >= 11 is 0. The summed E-state index contributed by atoms with van der Waals surface area (Å²) in [7, 11) is 0. The number of nitrogens with one attached hydrogen (secondary N) is 2. The van der Waals surface area contributed by atoms with Crippen LogP contribution in [0.3, 0.4) is 0 Å². The van der Waals surface area contributed by atoms with Crippen LogP contribution in [-0.2, 0) is 12.8 Å². The number of fused-ring (bicyclic) bond motifs is 1. The van der Waals surface area contributed by atoms with Crippen LogP contribution in [0.15, 0.2) is 18.2 Å². The van der Waals surface area contributed by atoms with Crippen LogP contribution in [0.5, 0.6) is 0 Å². The van der Waals surface area contributed by atoms with Gasteiger partial charge in [-0.25, -0.2) is 0 Å². The van der Waals surface area contributed by atoms with Gasteiger partial charge in [0.1, 0.15) is 0 Å². The minimum absolute atomic E-state index is 0.600. The molecule has 17 heavy (non-hydrogen) atoms. The molecule has 0 saturated carbocycles. The first kappa shape index (κ1) is 12.4. The topological polar surface area (TPSA) is 24.1 Å². The van der Waals surface area contributed by atoms with E-state index in [2.05, 4.69) is 42.7 Å². The van der Waals surface area contributed by atoms with E-state index in [-0.39, 0.29) is 0 Å². The van der Waals surface area contributed by atoms with E-state index in [1.807, 2.05) is 0 Å². The highest BCUT2D eigenvalue weighted by atomic mass is 14.9. The van der Waals surface area contributed by atoms with Crippen molar-refractivity contribution in [3.05, 3.63) is 29.3 Å². The molecule has 1 unspecified atom stereocenters. The fourth-order valence-electron chi connectivity index (χ4n) is 2.42. The summed E-state index contributed by atoms with van der Waals surface area (Å²) in [6.07, 6.45) is 4.87. The van der Waals surface area contributed by atoms with Crippen molar-refractivity contribution in [1.29, 1.82) is 0 Å². The minimum Gasteiger partial charge on any atom is -0.382 e. The van der Waals surface area contributed by atoms with Crippen molar-refractivity contribution in [2.24, 2.45) is 0 Å². The van der Waals surface area contributed by atoms with Gasteiger partial charge in [-0.3, -0.25) is 0 Å². The van der Waals surface area contributed by atoms with E-state index in [0.717, 1.165) is 19.5 Å². The molecule has 2 rings (SSSR count). The molecule has 0 spiro atoms. The summed E-state index contributed by atoms with van der Waals surface area (Å²) in [5.41, 5.74) is 4.28. The molecule has 2 N–H and O–H groups in total. The lowest BCUT2D eigenvalue weighted by Gasteiger charge is -2.06. The van der Waals surface area contributed by atoms with Crippen LogP contribution in [0.25, 0.3) is 0 Å². The molecule has 0 fully saturated rings. The summed E-state index contributed by atoms with van der Waals surface area (Å²) < 4.78 is 0. The Kier molecular flexibility index (Phi) is 4.43. The molecule has 2 heteroatoms.